The van der Waals surface area contributed by atoms with Crippen LogP contribution in [0, 0.1) is 11.6 Å². The number of urea groups is 1. The molecule has 0 saturated heterocycles. The topological polar surface area (TPSA) is 228 Å². The van der Waals surface area contributed by atoms with Gasteiger partial charge in [-0.3, -0.25) is 24.9 Å². The molecule has 0 atom stereocenters. The van der Waals surface area contributed by atoms with Crippen LogP contribution >= 0.6 is 0 Å². The Bertz CT molecular complexity index is 2920. The zero-order valence-corrected chi connectivity index (χ0v) is 34.9. The van der Waals surface area contributed by atoms with E-state index in [1.807, 2.05) is 0 Å². The molecule has 65 heavy (non-hydrogen) atoms. The summed E-state index contributed by atoms with van der Waals surface area (Å²) in [7, 11) is 2.85. The Morgan fingerprint density at radius 1 is 0.600 bits per heavy atom. The highest BCUT2D eigenvalue weighted by Crippen LogP contribution is 2.36. The fourth-order valence-electron chi connectivity index (χ4n) is 6.92. The Balaban J connectivity index is 0.000000194. The molecule has 0 radical (unpaired) electrons. The van der Waals surface area contributed by atoms with E-state index in [2.05, 4.69) is 25.9 Å². The van der Waals surface area contributed by atoms with Crippen LogP contribution in [0.2, 0.25) is 0 Å². The number of carbonyl (C=O) groups is 4. The third kappa shape index (κ3) is 10.9. The second-order valence-corrected chi connectivity index (χ2v) is 14.4. The van der Waals surface area contributed by atoms with Crippen molar-refractivity contribution in [2.75, 3.05) is 24.9 Å². The molecule has 1 saturated carbocycles. The Morgan fingerprint density at radius 3 is 1.55 bits per heavy atom. The zero-order chi connectivity index (χ0) is 46.0. The van der Waals surface area contributed by atoms with Gasteiger partial charge in [0, 0.05) is 53.5 Å². The lowest BCUT2D eigenvalue weighted by atomic mass is 10.1. The van der Waals surface area contributed by atoms with Crippen molar-refractivity contribution in [3.63, 3.8) is 0 Å². The number of benzene rings is 5. The molecule has 7 N–H and O–H groups in total. The number of amides is 5. The molecule has 2 aromatic heterocycles. The number of rotatable bonds is 12. The summed E-state index contributed by atoms with van der Waals surface area (Å²) in [5, 5.41) is 8.73. The number of nitrogens with two attached hydrogens (primary N) is 2. The van der Waals surface area contributed by atoms with Crippen molar-refractivity contribution >= 4 is 57.1 Å². The van der Waals surface area contributed by atoms with E-state index in [1.54, 1.807) is 60.7 Å². The van der Waals surface area contributed by atoms with Crippen molar-refractivity contribution in [3.8, 4) is 40.2 Å². The predicted octanol–water partition coefficient (Wildman–Crippen LogP) is 9.22. The lowest BCUT2D eigenvalue weighted by Crippen LogP contribution is -2.36. The highest BCUT2D eigenvalue weighted by Gasteiger charge is 2.20. The van der Waals surface area contributed by atoms with Gasteiger partial charge >= 0.3 is 12.1 Å². The van der Waals surface area contributed by atoms with E-state index in [0.29, 0.717) is 44.8 Å². The van der Waals surface area contributed by atoms with E-state index in [1.165, 1.54) is 63.0 Å². The number of nitrogens with zero attached hydrogens (tertiary/aromatic N) is 2. The summed E-state index contributed by atoms with van der Waals surface area (Å²) in [6, 6.07) is 25.5. The van der Waals surface area contributed by atoms with Gasteiger partial charge in [0.05, 0.1) is 47.8 Å². The first-order valence-electron chi connectivity index (χ1n) is 20.0. The maximum atomic E-state index is 14.6. The predicted molar refractivity (Wildman–Crippen MR) is 237 cm³/mol. The fourth-order valence-corrected chi connectivity index (χ4v) is 6.92. The number of anilines is 2. The lowest BCUT2D eigenvalue weighted by molar-refractivity contribution is 0.0989. The smallest absolute Gasteiger partial charge is 0.417 e. The molecule has 1 aliphatic carbocycles. The minimum Gasteiger partial charge on any atom is -0.496 e. The molecular weight excluding hydrogens is 845 g/mol. The van der Waals surface area contributed by atoms with Gasteiger partial charge in [0.15, 0.2) is 5.82 Å². The maximum Gasteiger partial charge on any atom is 0.417 e. The summed E-state index contributed by atoms with van der Waals surface area (Å²) in [5.74, 6) is -0.720. The molecular formula is C47H41F2N7O9. The van der Waals surface area contributed by atoms with E-state index >= 15 is 0 Å². The molecule has 1 fully saturated rings. The molecule has 2 heterocycles. The number of fused-ring (bicyclic) bond motifs is 2. The normalized spacial score (nSPS) is 12.1. The van der Waals surface area contributed by atoms with Crippen molar-refractivity contribution in [3.05, 3.63) is 138 Å². The number of primary amides is 2. The first-order chi connectivity index (χ1) is 31.4. The number of ether oxygens (including phenoxy) is 5. The number of halogens is 2. The van der Waals surface area contributed by atoms with Gasteiger partial charge in [-0.15, -0.1) is 0 Å². The van der Waals surface area contributed by atoms with Crippen molar-refractivity contribution in [2.24, 2.45) is 11.5 Å². The molecule has 7 aromatic rings. The van der Waals surface area contributed by atoms with Gasteiger partial charge in [-0.25, -0.2) is 18.4 Å². The number of hydrogen-bond acceptors (Lipinski definition) is 11. The number of aromatic nitrogens is 2. The molecule has 18 heteroatoms. The second kappa shape index (κ2) is 20.1. The number of carbonyl (C=O) groups excluding carboxylic acids is 4. The summed E-state index contributed by atoms with van der Waals surface area (Å²) in [5.41, 5.74) is 12.2. The van der Waals surface area contributed by atoms with Gasteiger partial charge in [-0.1, -0.05) is 31.0 Å². The Labute approximate surface area is 369 Å². The molecule has 0 bridgehead atoms. The van der Waals surface area contributed by atoms with Crippen molar-refractivity contribution < 1.29 is 51.6 Å². The zero-order valence-electron chi connectivity index (χ0n) is 34.9. The van der Waals surface area contributed by atoms with Crippen LogP contribution in [-0.4, -0.2) is 54.2 Å². The maximum absolute atomic E-state index is 14.6. The number of para-hydroxylation sites is 1. The van der Waals surface area contributed by atoms with E-state index in [0.717, 1.165) is 31.7 Å². The van der Waals surface area contributed by atoms with Gasteiger partial charge in [-0.2, -0.15) is 0 Å². The van der Waals surface area contributed by atoms with Crippen LogP contribution in [0.4, 0.5) is 29.7 Å². The van der Waals surface area contributed by atoms with Gasteiger partial charge in [0.2, 0.25) is 0 Å². The minimum atomic E-state index is -0.832. The summed E-state index contributed by atoms with van der Waals surface area (Å²) >= 11 is 0. The van der Waals surface area contributed by atoms with Crippen LogP contribution in [0.1, 0.15) is 46.4 Å². The SMILES string of the molecule is COc1cc2nccc(Oc3ccc(NC(=O)NC4CCCC4)c(F)c3)c2cc1C(N)=O.COc1cc2nccc(Oc3ccc(NC(=O)Oc4ccccc4)c(F)c3)c2cc1C(N)=O. The lowest BCUT2D eigenvalue weighted by Gasteiger charge is -2.14. The molecule has 16 nitrogen and oxygen atoms in total. The van der Waals surface area contributed by atoms with E-state index in [-0.39, 0.29) is 45.8 Å². The largest absolute Gasteiger partial charge is 0.496 e. The van der Waals surface area contributed by atoms with Crippen LogP contribution in [0.15, 0.2) is 116 Å². The van der Waals surface area contributed by atoms with Crippen molar-refractivity contribution in [2.45, 2.75) is 31.7 Å². The van der Waals surface area contributed by atoms with Crippen molar-refractivity contribution in [1.29, 1.82) is 0 Å². The summed E-state index contributed by atoms with van der Waals surface area (Å²) < 4.78 is 56.4. The third-order valence-corrected chi connectivity index (χ3v) is 10.0. The molecule has 8 rings (SSSR count). The average Bonchev–Trinajstić information content (AvgIpc) is 3.81. The molecule has 5 aromatic carbocycles. The fraction of sp³-hybridized carbons (Fsp3) is 0.149. The quantitative estimate of drug-likeness (QED) is 0.0777. The number of nitrogens with one attached hydrogen (secondary N) is 3. The Hall–Kier alpha value is -8.54. The molecule has 5 amide bonds. The van der Waals surface area contributed by atoms with Crippen molar-refractivity contribution in [1.82, 2.24) is 15.3 Å². The van der Waals surface area contributed by atoms with Crippen LogP contribution in [0.5, 0.6) is 40.2 Å². The molecule has 0 spiro atoms. The second-order valence-electron chi connectivity index (χ2n) is 14.4. The standard InChI is InChI=1S/C24H18FN3O5.C23H23FN4O4/c1-31-22-13-20-16(12-17(22)23(26)29)21(9-10-27-20)32-15-7-8-19(18(25)11-15)28-24(30)33-14-5-3-2-4-6-14;1-31-21-12-19-15(11-16(21)22(25)29)20(8-9-26-19)32-14-6-7-18(17(24)10-14)28-23(30)27-13-4-2-3-5-13/h2-13H,1H3,(H2,26,29)(H,28,30);6-13H,2-5H2,1H3,(H2,25,29)(H2,27,28,30). The van der Waals surface area contributed by atoms with Crippen LogP contribution in [0.25, 0.3) is 21.8 Å². The van der Waals surface area contributed by atoms with Crippen LogP contribution < -0.4 is 51.1 Å². The number of hydrogen-bond donors (Lipinski definition) is 5. The Kier molecular flexibility index (Phi) is 13.8. The van der Waals surface area contributed by atoms with E-state index < -0.39 is 35.6 Å². The summed E-state index contributed by atoms with van der Waals surface area (Å²) in [6.07, 6.45) is 6.25. The van der Waals surface area contributed by atoms with Gasteiger partial charge < -0.3 is 45.8 Å². The van der Waals surface area contributed by atoms with E-state index in [9.17, 15) is 28.0 Å². The summed E-state index contributed by atoms with van der Waals surface area (Å²) in [6.45, 7) is 0. The van der Waals surface area contributed by atoms with Gasteiger partial charge in [-0.05, 0) is 73.5 Å². The molecule has 332 valence electrons. The third-order valence-electron chi connectivity index (χ3n) is 10.0. The molecule has 1 aliphatic rings. The summed E-state index contributed by atoms with van der Waals surface area (Å²) in [4.78, 5) is 56.1. The molecule has 0 unspecified atom stereocenters. The van der Waals surface area contributed by atoms with E-state index in [4.69, 9.17) is 35.2 Å². The Morgan fingerprint density at radius 2 is 1.09 bits per heavy atom. The number of pyridine rings is 2. The van der Waals surface area contributed by atoms with Crippen LogP contribution in [0.3, 0.4) is 0 Å². The minimum absolute atomic E-state index is 0.0492. The first kappa shape index (κ1) is 44.5. The van der Waals surface area contributed by atoms with Crippen LogP contribution in [-0.2, 0) is 0 Å². The highest BCUT2D eigenvalue weighted by atomic mass is 19.1. The number of methoxy groups -OCH3 is 2. The van der Waals surface area contributed by atoms with Gasteiger partial charge in [0.1, 0.15) is 46.1 Å². The van der Waals surface area contributed by atoms with Gasteiger partial charge in [0.25, 0.3) is 11.8 Å². The molecule has 0 aliphatic heterocycles. The first-order valence-corrected chi connectivity index (χ1v) is 20.0. The monoisotopic (exact) mass is 885 g/mol. The highest BCUT2D eigenvalue weighted by molar-refractivity contribution is 6.02. The average molecular weight is 886 g/mol.